The Morgan fingerprint density at radius 2 is 1.03 bits per heavy atom. The van der Waals surface area contributed by atoms with Crippen LogP contribution in [0.2, 0.25) is 0 Å². The van der Waals surface area contributed by atoms with E-state index >= 15 is 0 Å². The zero-order chi connectivity index (χ0) is 27.7. The van der Waals surface area contributed by atoms with E-state index in [0.717, 1.165) is 30.4 Å². The summed E-state index contributed by atoms with van der Waals surface area (Å²) in [6.07, 6.45) is 4.10. The van der Waals surface area contributed by atoms with Crippen LogP contribution in [0.15, 0.2) is 46.7 Å². The molecule has 10 heteroatoms. The Morgan fingerprint density at radius 3 is 1.44 bits per heavy atom. The van der Waals surface area contributed by atoms with Crippen molar-refractivity contribution in [3.8, 4) is 23.0 Å². The molecule has 1 aliphatic rings. The Balaban J connectivity index is 1.66. The molecular formula is C29H40N2O8. The number of rotatable bonds is 7. The number of unbranched alkanes of at least 4 members (excludes halogenated alkanes) is 1. The first kappa shape index (κ1) is 30.0. The maximum atomic E-state index is 9.49. The Hall–Kier alpha value is -3.50. The van der Waals surface area contributed by atoms with Gasteiger partial charge in [-0.05, 0) is 55.7 Å². The highest BCUT2D eigenvalue weighted by Gasteiger charge is 2.13. The quantitative estimate of drug-likeness (QED) is 0.274. The second-order valence-corrected chi connectivity index (χ2v) is 8.89. The molecule has 0 radical (unpaired) electrons. The molecule has 0 aromatic heterocycles. The number of ether oxygens (including phenoxy) is 6. The molecule has 2 N–H and O–H groups in total. The zero-order valence-corrected chi connectivity index (χ0v) is 22.9. The standard InChI is InChI=1S/C29H40N2O8/c1-3-5-7-25(31-33)23-9-11-27-29(21-23)39-19-15-35-12-16-36-26-10-8-22(24(30-32)6-4-2)20-28(26)38-18-14-34-13-17-37-27/h8-11,20-21,32-33H,3-7,12-19H2,1-2H3/b30-24+,31-25+. The largest absolute Gasteiger partial charge is 0.487 e. The van der Waals surface area contributed by atoms with Gasteiger partial charge in [0.25, 0.3) is 0 Å². The second kappa shape index (κ2) is 17.2. The molecule has 2 aromatic rings. The van der Waals surface area contributed by atoms with Crippen LogP contribution in [0, 0.1) is 0 Å². The highest BCUT2D eigenvalue weighted by atomic mass is 16.6. The van der Waals surface area contributed by atoms with Gasteiger partial charge in [0.2, 0.25) is 0 Å². The number of fused-ring (bicyclic) bond motifs is 2. The SMILES string of the molecule is CCCC/C(=N\O)c1ccc2c(c1)OCCOCCOc1ccc(/C(CCC)=N/O)cc1OCCOCCO2. The molecule has 3 rings (SSSR count). The first-order valence-corrected chi connectivity index (χ1v) is 13.6. The van der Waals surface area contributed by atoms with E-state index in [1.54, 1.807) is 6.07 Å². The summed E-state index contributed by atoms with van der Waals surface area (Å²) in [6.45, 7) is 6.78. The number of nitrogens with zero attached hydrogens (tertiary/aromatic N) is 2. The average molecular weight is 545 g/mol. The van der Waals surface area contributed by atoms with E-state index in [2.05, 4.69) is 17.2 Å². The maximum Gasteiger partial charge on any atom is 0.161 e. The van der Waals surface area contributed by atoms with Gasteiger partial charge in [0, 0.05) is 11.1 Å². The van der Waals surface area contributed by atoms with Crippen molar-refractivity contribution in [1.29, 1.82) is 0 Å². The minimum absolute atomic E-state index is 0.305. The van der Waals surface area contributed by atoms with Crippen LogP contribution in [0.1, 0.15) is 57.1 Å². The van der Waals surface area contributed by atoms with Gasteiger partial charge in [0.05, 0.1) is 37.9 Å². The minimum atomic E-state index is 0.305. The van der Waals surface area contributed by atoms with E-state index in [-0.39, 0.29) is 0 Å². The van der Waals surface area contributed by atoms with Crippen molar-refractivity contribution in [1.82, 2.24) is 0 Å². The lowest BCUT2D eigenvalue weighted by Crippen LogP contribution is -2.16. The third kappa shape index (κ3) is 9.63. The molecule has 1 aliphatic heterocycles. The van der Waals surface area contributed by atoms with E-state index < -0.39 is 0 Å². The molecule has 0 fully saturated rings. The molecule has 1 heterocycles. The topological polar surface area (TPSA) is 121 Å². The third-order valence-corrected chi connectivity index (χ3v) is 5.99. The molecule has 0 atom stereocenters. The van der Waals surface area contributed by atoms with Crippen LogP contribution >= 0.6 is 0 Å². The predicted molar refractivity (Wildman–Crippen MR) is 148 cm³/mol. The Morgan fingerprint density at radius 1 is 0.590 bits per heavy atom. The van der Waals surface area contributed by atoms with E-state index in [0.29, 0.717) is 100 Å². The highest BCUT2D eigenvalue weighted by Crippen LogP contribution is 2.31. The van der Waals surface area contributed by atoms with Gasteiger partial charge in [0.15, 0.2) is 23.0 Å². The smallest absolute Gasteiger partial charge is 0.161 e. The number of hydrogen-bond acceptors (Lipinski definition) is 10. The fourth-order valence-corrected chi connectivity index (χ4v) is 3.97. The van der Waals surface area contributed by atoms with Gasteiger partial charge in [-0.1, -0.05) is 37.0 Å². The van der Waals surface area contributed by atoms with Gasteiger partial charge in [0.1, 0.15) is 26.4 Å². The van der Waals surface area contributed by atoms with Crippen LogP contribution in [-0.4, -0.2) is 74.7 Å². The van der Waals surface area contributed by atoms with Gasteiger partial charge in [-0.2, -0.15) is 0 Å². The number of hydrogen-bond donors (Lipinski definition) is 2. The van der Waals surface area contributed by atoms with Crippen molar-refractivity contribution in [2.75, 3.05) is 52.9 Å². The molecule has 2 aromatic carbocycles. The van der Waals surface area contributed by atoms with Crippen molar-refractivity contribution in [2.45, 2.75) is 46.0 Å². The van der Waals surface area contributed by atoms with Crippen LogP contribution in [0.25, 0.3) is 0 Å². The van der Waals surface area contributed by atoms with Crippen molar-refractivity contribution < 1.29 is 38.8 Å². The summed E-state index contributed by atoms with van der Waals surface area (Å²) in [5.41, 5.74) is 2.76. The van der Waals surface area contributed by atoms with E-state index in [9.17, 15) is 10.4 Å². The monoisotopic (exact) mass is 544 g/mol. The van der Waals surface area contributed by atoms with Gasteiger partial charge in [-0.15, -0.1) is 0 Å². The van der Waals surface area contributed by atoms with Gasteiger partial charge in [-0.25, -0.2) is 0 Å². The van der Waals surface area contributed by atoms with Crippen molar-refractivity contribution in [2.24, 2.45) is 10.3 Å². The fraction of sp³-hybridized carbons (Fsp3) is 0.517. The summed E-state index contributed by atoms with van der Waals surface area (Å²) in [5, 5.41) is 25.8. The van der Waals surface area contributed by atoms with Gasteiger partial charge in [-0.3, -0.25) is 0 Å². The van der Waals surface area contributed by atoms with Crippen LogP contribution in [0.5, 0.6) is 23.0 Å². The zero-order valence-electron chi connectivity index (χ0n) is 22.9. The fourth-order valence-electron chi connectivity index (χ4n) is 3.97. The third-order valence-electron chi connectivity index (χ3n) is 5.99. The summed E-state index contributed by atoms with van der Waals surface area (Å²) in [6, 6.07) is 11.0. The van der Waals surface area contributed by atoms with Crippen molar-refractivity contribution in [3.05, 3.63) is 47.5 Å². The summed E-state index contributed by atoms with van der Waals surface area (Å²) in [7, 11) is 0. The molecule has 0 saturated heterocycles. The molecule has 0 aliphatic carbocycles. The number of benzene rings is 2. The predicted octanol–water partition coefficient (Wildman–Crippen LogP) is 5.30. The van der Waals surface area contributed by atoms with Crippen LogP contribution in [-0.2, 0) is 9.47 Å². The van der Waals surface area contributed by atoms with Gasteiger partial charge >= 0.3 is 0 Å². The lowest BCUT2D eigenvalue weighted by molar-refractivity contribution is 0.0640. The van der Waals surface area contributed by atoms with Crippen molar-refractivity contribution >= 4 is 11.4 Å². The summed E-state index contributed by atoms with van der Waals surface area (Å²) in [5.74, 6) is 2.24. The Labute approximate surface area is 230 Å². The van der Waals surface area contributed by atoms with Crippen molar-refractivity contribution in [3.63, 3.8) is 0 Å². The first-order chi connectivity index (χ1) is 19.2. The van der Waals surface area contributed by atoms with Crippen LogP contribution < -0.4 is 18.9 Å². The minimum Gasteiger partial charge on any atom is -0.487 e. The molecule has 0 spiro atoms. The second-order valence-electron chi connectivity index (χ2n) is 8.89. The van der Waals surface area contributed by atoms with Gasteiger partial charge < -0.3 is 38.8 Å². The molecule has 0 amide bonds. The first-order valence-electron chi connectivity index (χ1n) is 13.6. The van der Waals surface area contributed by atoms with Crippen LogP contribution in [0.3, 0.4) is 0 Å². The molecular weight excluding hydrogens is 504 g/mol. The molecule has 39 heavy (non-hydrogen) atoms. The Kier molecular flexibility index (Phi) is 13.2. The molecule has 0 bridgehead atoms. The summed E-state index contributed by atoms with van der Waals surface area (Å²) < 4.78 is 35.2. The summed E-state index contributed by atoms with van der Waals surface area (Å²) >= 11 is 0. The van der Waals surface area contributed by atoms with Crippen LogP contribution in [0.4, 0.5) is 0 Å². The van der Waals surface area contributed by atoms with E-state index in [1.165, 1.54) is 0 Å². The average Bonchev–Trinajstić information content (AvgIpc) is 2.96. The number of oxime groups is 2. The molecule has 0 unspecified atom stereocenters. The molecule has 0 saturated carbocycles. The van der Waals surface area contributed by atoms with E-state index in [1.807, 2.05) is 37.3 Å². The maximum absolute atomic E-state index is 9.49. The van der Waals surface area contributed by atoms with E-state index in [4.69, 9.17) is 28.4 Å². The summed E-state index contributed by atoms with van der Waals surface area (Å²) in [4.78, 5) is 0. The lowest BCUT2D eigenvalue weighted by Gasteiger charge is -2.17. The molecule has 10 nitrogen and oxygen atoms in total. The Bertz CT molecular complexity index is 1070. The highest BCUT2D eigenvalue weighted by molar-refractivity contribution is 6.01. The molecule has 214 valence electrons. The normalized spacial score (nSPS) is 16.3. The lowest BCUT2D eigenvalue weighted by atomic mass is 10.0.